The Hall–Kier alpha value is -3.24. The molecule has 1 heterocycles. The zero-order chi connectivity index (χ0) is 27.3. The average molecular weight is 537 g/mol. The zero-order valence-corrected chi connectivity index (χ0v) is 20.3. The van der Waals surface area contributed by atoms with E-state index in [-0.39, 0.29) is 30.0 Å². The van der Waals surface area contributed by atoms with Gasteiger partial charge in [-0.2, -0.15) is 26.3 Å². The van der Waals surface area contributed by atoms with Gasteiger partial charge in [-0.05, 0) is 54.2 Å². The van der Waals surface area contributed by atoms with E-state index < -0.39 is 29.7 Å². The van der Waals surface area contributed by atoms with Gasteiger partial charge in [-0.3, -0.25) is 4.99 Å². The van der Waals surface area contributed by atoms with Gasteiger partial charge in [0.2, 0.25) is 0 Å². The largest absolute Gasteiger partial charge is 0.433 e. The van der Waals surface area contributed by atoms with E-state index in [1.165, 1.54) is 6.07 Å². The van der Waals surface area contributed by atoms with Crippen LogP contribution in [0.4, 0.5) is 26.3 Å². The van der Waals surface area contributed by atoms with Crippen LogP contribution in [0.25, 0.3) is 11.3 Å². The minimum absolute atomic E-state index is 0.0549. The molecule has 10 heteroatoms. The number of aromatic nitrogens is 1. The highest BCUT2D eigenvalue weighted by Crippen LogP contribution is 2.34. The second-order valence-electron chi connectivity index (χ2n) is 9.29. The molecule has 1 aromatic heterocycles. The molecule has 1 aliphatic carbocycles. The van der Waals surface area contributed by atoms with Crippen LogP contribution < -0.4 is 0 Å². The molecule has 1 aliphatic rings. The van der Waals surface area contributed by atoms with Crippen molar-refractivity contribution in [2.24, 2.45) is 10.9 Å². The van der Waals surface area contributed by atoms with Crippen molar-refractivity contribution in [2.75, 3.05) is 19.8 Å². The van der Waals surface area contributed by atoms with Gasteiger partial charge in [0.05, 0.1) is 30.5 Å². The third-order valence-corrected chi connectivity index (χ3v) is 6.09. The molecule has 0 saturated heterocycles. The minimum Gasteiger partial charge on any atom is -0.386 e. The summed E-state index contributed by atoms with van der Waals surface area (Å²) in [5, 5.41) is 10.8. The summed E-state index contributed by atoms with van der Waals surface area (Å²) in [6.07, 6.45) is -8.11. The summed E-state index contributed by atoms with van der Waals surface area (Å²) < 4.78 is 85.2. The third kappa shape index (κ3) is 7.88. The van der Waals surface area contributed by atoms with Crippen molar-refractivity contribution in [1.82, 2.24) is 4.98 Å². The summed E-state index contributed by atoms with van der Waals surface area (Å²) in [7, 11) is 0. The van der Waals surface area contributed by atoms with Crippen LogP contribution in [0.5, 0.6) is 0 Å². The fraction of sp³-hybridized carbons (Fsp3) is 0.357. The lowest BCUT2D eigenvalue weighted by atomic mass is 10.0. The quantitative estimate of drug-likeness (QED) is 0.226. The number of aliphatic hydroxyl groups is 1. The van der Waals surface area contributed by atoms with Crippen LogP contribution >= 0.6 is 0 Å². The standard InChI is InChI=1S/C28H26F6N2O2/c29-27(30,31)22-10-8-20(9-11-22)24-13-21(14-26(36-24)28(32,33)34)25(37)15-35-23(17-38-16-19-6-7-19)12-18-4-2-1-3-5-18/h1-5,8-11,13-14,19,25,37H,6-7,12,15-17H2/b35-23+. The smallest absolute Gasteiger partial charge is 0.386 e. The number of hydrogen-bond acceptors (Lipinski definition) is 4. The van der Waals surface area contributed by atoms with Gasteiger partial charge in [-0.15, -0.1) is 0 Å². The number of aliphatic imine (C=N–C) groups is 1. The maximum Gasteiger partial charge on any atom is 0.433 e. The maximum absolute atomic E-state index is 13.6. The average Bonchev–Trinajstić information content (AvgIpc) is 3.71. The van der Waals surface area contributed by atoms with Gasteiger partial charge in [-0.1, -0.05) is 42.5 Å². The summed E-state index contributed by atoms with van der Waals surface area (Å²) >= 11 is 0. The highest BCUT2D eigenvalue weighted by molar-refractivity contribution is 5.87. The Morgan fingerprint density at radius 3 is 2.24 bits per heavy atom. The fourth-order valence-electron chi connectivity index (χ4n) is 3.80. The van der Waals surface area contributed by atoms with E-state index in [1.807, 2.05) is 30.3 Å². The normalized spacial score (nSPS) is 15.5. The Bertz CT molecular complexity index is 1240. The van der Waals surface area contributed by atoms with Gasteiger partial charge in [-0.25, -0.2) is 4.98 Å². The molecule has 2 aromatic carbocycles. The van der Waals surface area contributed by atoms with Crippen molar-refractivity contribution in [3.05, 3.63) is 89.1 Å². The lowest BCUT2D eigenvalue weighted by molar-refractivity contribution is -0.141. The summed E-state index contributed by atoms with van der Waals surface area (Å²) in [6, 6.07) is 15.1. The van der Waals surface area contributed by atoms with Crippen LogP contribution in [0.2, 0.25) is 0 Å². The molecular formula is C28H26F6N2O2. The Labute approximate surface area is 216 Å². The van der Waals surface area contributed by atoms with E-state index in [0.717, 1.165) is 48.7 Å². The van der Waals surface area contributed by atoms with Gasteiger partial charge in [0.25, 0.3) is 0 Å². The van der Waals surface area contributed by atoms with Crippen LogP contribution in [0, 0.1) is 5.92 Å². The number of halogens is 6. The molecular weight excluding hydrogens is 510 g/mol. The molecule has 202 valence electrons. The zero-order valence-electron chi connectivity index (χ0n) is 20.3. The summed E-state index contributed by atoms with van der Waals surface area (Å²) in [5.74, 6) is 0.541. The minimum atomic E-state index is -4.82. The molecule has 0 spiro atoms. The van der Waals surface area contributed by atoms with Crippen LogP contribution in [-0.2, 0) is 23.5 Å². The van der Waals surface area contributed by atoms with E-state index in [2.05, 4.69) is 9.98 Å². The van der Waals surface area contributed by atoms with E-state index in [0.29, 0.717) is 24.7 Å². The van der Waals surface area contributed by atoms with Crippen molar-refractivity contribution >= 4 is 5.71 Å². The molecule has 0 aliphatic heterocycles. The van der Waals surface area contributed by atoms with Crippen molar-refractivity contribution in [3.8, 4) is 11.3 Å². The van der Waals surface area contributed by atoms with Crippen LogP contribution in [0.3, 0.4) is 0 Å². The number of rotatable bonds is 10. The third-order valence-electron chi connectivity index (χ3n) is 6.09. The summed E-state index contributed by atoms with van der Waals surface area (Å²) in [4.78, 5) is 8.05. The predicted octanol–water partition coefficient (Wildman–Crippen LogP) is 6.93. The number of pyridine rings is 1. The molecule has 4 nitrogen and oxygen atoms in total. The highest BCUT2D eigenvalue weighted by atomic mass is 19.4. The van der Waals surface area contributed by atoms with Crippen LogP contribution in [-0.4, -0.2) is 35.6 Å². The number of nitrogens with zero attached hydrogens (tertiary/aromatic N) is 2. The lowest BCUT2D eigenvalue weighted by Crippen LogP contribution is -2.16. The van der Waals surface area contributed by atoms with Crippen molar-refractivity contribution in [2.45, 2.75) is 37.7 Å². The monoisotopic (exact) mass is 536 g/mol. The van der Waals surface area contributed by atoms with Gasteiger partial charge >= 0.3 is 12.4 Å². The van der Waals surface area contributed by atoms with Gasteiger partial charge < -0.3 is 9.84 Å². The van der Waals surface area contributed by atoms with E-state index >= 15 is 0 Å². The van der Waals surface area contributed by atoms with Crippen LogP contribution in [0.15, 0.2) is 71.7 Å². The van der Waals surface area contributed by atoms with Gasteiger partial charge in [0.1, 0.15) is 5.69 Å². The van der Waals surface area contributed by atoms with Gasteiger partial charge in [0.15, 0.2) is 0 Å². The first-order valence-corrected chi connectivity index (χ1v) is 12.1. The van der Waals surface area contributed by atoms with E-state index in [1.54, 1.807) is 0 Å². The second kappa shape index (κ2) is 11.7. The van der Waals surface area contributed by atoms with Gasteiger partial charge in [0, 0.05) is 24.3 Å². The molecule has 4 rings (SSSR count). The first kappa shape index (κ1) is 27.8. The first-order valence-electron chi connectivity index (χ1n) is 12.1. The second-order valence-corrected chi connectivity index (χ2v) is 9.29. The topological polar surface area (TPSA) is 54.7 Å². The molecule has 1 unspecified atom stereocenters. The number of benzene rings is 2. The molecule has 0 amide bonds. The Morgan fingerprint density at radius 1 is 0.947 bits per heavy atom. The van der Waals surface area contributed by atoms with Crippen molar-refractivity contribution in [1.29, 1.82) is 0 Å². The molecule has 1 fully saturated rings. The molecule has 0 bridgehead atoms. The Morgan fingerprint density at radius 2 is 1.63 bits per heavy atom. The number of ether oxygens (including phenoxy) is 1. The Balaban J connectivity index is 1.57. The van der Waals surface area contributed by atoms with E-state index in [4.69, 9.17) is 4.74 Å². The maximum atomic E-state index is 13.6. The molecule has 1 N–H and O–H groups in total. The van der Waals surface area contributed by atoms with Crippen LogP contribution in [0.1, 0.15) is 41.3 Å². The highest BCUT2D eigenvalue weighted by Gasteiger charge is 2.34. The number of hydrogen-bond donors (Lipinski definition) is 1. The fourth-order valence-corrected chi connectivity index (χ4v) is 3.80. The lowest BCUT2D eigenvalue weighted by Gasteiger charge is -2.16. The van der Waals surface area contributed by atoms with Crippen molar-refractivity contribution < 1.29 is 36.2 Å². The van der Waals surface area contributed by atoms with E-state index in [9.17, 15) is 31.4 Å². The molecule has 3 aromatic rings. The molecule has 1 saturated carbocycles. The SMILES string of the molecule is OC(C/N=C(/COCC1CC1)Cc1ccccc1)c1cc(-c2ccc(C(F)(F)F)cc2)nc(C(F)(F)F)c1. The molecule has 1 atom stereocenters. The van der Waals surface area contributed by atoms with Crippen molar-refractivity contribution in [3.63, 3.8) is 0 Å². The first-order chi connectivity index (χ1) is 18.0. The number of alkyl halides is 6. The Kier molecular flexibility index (Phi) is 8.52. The summed E-state index contributed by atoms with van der Waals surface area (Å²) in [5.41, 5.74) is -0.817. The molecule has 0 radical (unpaired) electrons. The number of aliphatic hydroxyl groups excluding tert-OH is 1. The predicted molar refractivity (Wildman–Crippen MR) is 131 cm³/mol. The summed E-state index contributed by atoms with van der Waals surface area (Å²) in [6.45, 7) is 0.619. The molecule has 38 heavy (non-hydrogen) atoms.